The Balaban J connectivity index is 1.93. The Morgan fingerprint density at radius 2 is 2.13 bits per heavy atom. The molecular formula is C11H12N2OS. The van der Waals surface area contributed by atoms with E-state index in [1.54, 1.807) is 18.0 Å². The highest BCUT2D eigenvalue weighted by Gasteiger charge is 1.96. The maximum absolute atomic E-state index is 5.12. The summed E-state index contributed by atoms with van der Waals surface area (Å²) in [6, 6.07) is 8.30. The number of hydrogen-bond acceptors (Lipinski definition) is 4. The third-order valence-corrected chi connectivity index (χ3v) is 2.78. The molecule has 0 spiro atoms. The van der Waals surface area contributed by atoms with Gasteiger partial charge < -0.3 is 9.73 Å². The molecule has 0 aliphatic rings. The van der Waals surface area contributed by atoms with Crippen molar-refractivity contribution in [1.29, 1.82) is 0 Å². The van der Waals surface area contributed by atoms with Crippen molar-refractivity contribution < 1.29 is 4.42 Å². The standard InChI is InChI=1S/C11H12N2OS/c1-15-11-4-2-9(3-5-11)13-7-10-6-12-8-14-10/h2-6,8,13H,7H2,1H3. The van der Waals surface area contributed by atoms with Crippen molar-refractivity contribution in [3.8, 4) is 0 Å². The number of anilines is 1. The lowest BCUT2D eigenvalue weighted by atomic mass is 10.3. The summed E-state index contributed by atoms with van der Waals surface area (Å²) in [4.78, 5) is 5.12. The van der Waals surface area contributed by atoms with Crippen LogP contribution in [0.3, 0.4) is 0 Å². The van der Waals surface area contributed by atoms with Gasteiger partial charge in [0, 0.05) is 10.6 Å². The maximum atomic E-state index is 5.12. The fraction of sp³-hybridized carbons (Fsp3) is 0.182. The molecule has 0 aliphatic heterocycles. The van der Waals surface area contributed by atoms with E-state index in [4.69, 9.17) is 4.42 Å². The van der Waals surface area contributed by atoms with Gasteiger partial charge in [-0.15, -0.1) is 11.8 Å². The molecule has 0 fully saturated rings. The van der Waals surface area contributed by atoms with Gasteiger partial charge in [0.05, 0.1) is 12.7 Å². The van der Waals surface area contributed by atoms with Gasteiger partial charge in [-0.05, 0) is 30.5 Å². The monoisotopic (exact) mass is 220 g/mol. The lowest BCUT2D eigenvalue weighted by Crippen LogP contribution is -1.97. The predicted octanol–water partition coefficient (Wildman–Crippen LogP) is 3.01. The lowest BCUT2D eigenvalue weighted by molar-refractivity contribution is 0.512. The van der Waals surface area contributed by atoms with Crippen LogP contribution in [-0.4, -0.2) is 11.2 Å². The summed E-state index contributed by atoms with van der Waals surface area (Å²) in [5.74, 6) is 0.837. The number of rotatable bonds is 4. The van der Waals surface area contributed by atoms with Crippen LogP contribution in [0.2, 0.25) is 0 Å². The zero-order valence-electron chi connectivity index (χ0n) is 8.43. The number of nitrogens with zero attached hydrogens (tertiary/aromatic N) is 1. The van der Waals surface area contributed by atoms with E-state index in [0.29, 0.717) is 6.54 Å². The largest absolute Gasteiger partial charge is 0.447 e. The second-order valence-corrected chi connectivity index (χ2v) is 3.93. The minimum absolute atomic E-state index is 0.665. The molecule has 0 atom stereocenters. The predicted molar refractivity (Wildman–Crippen MR) is 62.1 cm³/mol. The molecule has 1 N–H and O–H groups in total. The van der Waals surface area contributed by atoms with E-state index in [1.807, 2.05) is 0 Å². The Kier molecular flexibility index (Phi) is 3.29. The van der Waals surface area contributed by atoms with Crippen LogP contribution < -0.4 is 5.32 Å². The van der Waals surface area contributed by atoms with Crippen molar-refractivity contribution >= 4 is 17.4 Å². The first-order valence-corrected chi connectivity index (χ1v) is 5.86. The van der Waals surface area contributed by atoms with Crippen LogP contribution in [0.25, 0.3) is 0 Å². The number of aromatic nitrogens is 1. The molecule has 78 valence electrons. The number of nitrogens with one attached hydrogen (secondary N) is 1. The first-order valence-electron chi connectivity index (χ1n) is 4.64. The molecule has 15 heavy (non-hydrogen) atoms. The van der Waals surface area contributed by atoms with Crippen LogP contribution in [-0.2, 0) is 6.54 Å². The molecule has 0 saturated carbocycles. The summed E-state index contributed by atoms with van der Waals surface area (Å²) in [5, 5.41) is 3.26. The van der Waals surface area contributed by atoms with Gasteiger partial charge in [-0.1, -0.05) is 0 Å². The Bertz CT molecular complexity index is 397. The highest BCUT2D eigenvalue weighted by molar-refractivity contribution is 7.98. The van der Waals surface area contributed by atoms with Crippen LogP contribution in [0.4, 0.5) is 5.69 Å². The molecule has 4 heteroatoms. The van der Waals surface area contributed by atoms with Gasteiger partial charge in [0.25, 0.3) is 0 Å². The van der Waals surface area contributed by atoms with Crippen LogP contribution in [0.15, 0.2) is 46.2 Å². The van der Waals surface area contributed by atoms with E-state index in [-0.39, 0.29) is 0 Å². The van der Waals surface area contributed by atoms with Crippen LogP contribution in [0.5, 0.6) is 0 Å². The van der Waals surface area contributed by atoms with Gasteiger partial charge in [0.1, 0.15) is 5.76 Å². The van der Waals surface area contributed by atoms with Gasteiger partial charge >= 0.3 is 0 Å². The summed E-state index contributed by atoms with van der Waals surface area (Å²) < 4.78 is 5.12. The number of benzene rings is 1. The molecular weight excluding hydrogens is 208 g/mol. The minimum atomic E-state index is 0.665. The van der Waals surface area contributed by atoms with Gasteiger partial charge in [0.15, 0.2) is 6.39 Å². The van der Waals surface area contributed by atoms with E-state index in [9.17, 15) is 0 Å². The zero-order chi connectivity index (χ0) is 10.5. The van der Waals surface area contributed by atoms with E-state index >= 15 is 0 Å². The summed E-state index contributed by atoms with van der Waals surface area (Å²) in [6.45, 7) is 0.665. The smallest absolute Gasteiger partial charge is 0.180 e. The van der Waals surface area contributed by atoms with E-state index in [0.717, 1.165) is 11.4 Å². The van der Waals surface area contributed by atoms with Gasteiger partial charge in [0.2, 0.25) is 0 Å². The van der Waals surface area contributed by atoms with Crippen LogP contribution in [0.1, 0.15) is 5.76 Å². The average molecular weight is 220 g/mol. The second-order valence-electron chi connectivity index (χ2n) is 3.05. The Labute approximate surface area is 92.9 Å². The third-order valence-electron chi connectivity index (χ3n) is 2.04. The number of thioether (sulfide) groups is 1. The quantitative estimate of drug-likeness (QED) is 0.804. The van der Waals surface area contributed by atoms with Gasteiger partial charge in [-0.3, -0.25) is 0 Å². The highest BCUT2D eigenvalue weighted by Crippen LogP contribution is 2.17. The topological polar surface area (TPSA) is 38.1 Å². The summed E-state index contributed by atoms with van der Waals surface area (Å²) in [5.41, 5.74) is 1.09. The SMILES string of the molecule is CSc1ccc(NCc2cnco2)cc1. The molecule has 0 saturated heterocycles. The van der Waals surface area contributed by atoms with Crippen LogP contribution in [0, 0.1) is 0 Å². The number of hydrogen-bond donors (Lipinski definition) is 1. The molecule has 0 bridgehead atoms. The molecule has 2 aromatic rings. The van der Waals surface area contributed by atoms with E-state index in [1.165, 1.54) is 11.3 Å². The fourth-order valence-corrected chi connectivity index (χ4v) is 1.64. The maximum Gasteiger partial charge on any atom is 0.180 e. The van der Waals surface area contributed by atoms with Crippen molar-refractivity contribution in [2.24, 2.45) is 0 Å². The molecule has 0 aliphatic carbocycles. The molecule has 2 rings (SSSR count). The Hall–Kier alpha value is -1.42. The number of oxazole rings is 1. The van der Waals surface area contributed by atoms with Crippen molar-refractivity contribution in [3.63, 3.8) is 0 Å². The van der Waals surface area contributed by atoms with Crippen molar-refractivity contribution in [3.05, 3.63) is 42.6 Å². The lowest BCUT2D eigenvalue weighted by Gasteiger charge is -2.04. The normalized spacial score (nSPS) is 10.2. The Morgan fingerprint density at radius 3 is 2.73 bits per heavy atom. The molecule has 1 heterocycles. The molecule has 0 unspecified atom stereocenters. The molecule has 1 aromatic heterocycles. The third kappa shape index (κ3) is 2.76. The highest BCUT2D eigenvalue weighted by atomic mass is 32.2. The van der Waals surface area contributed by atoms with Crippen molar-refractivity contribution in [2.75, 3.05) is 11.6 Å². The van der Waals surface area contributed by atoms with Gasteiger partial charge in [-0.2, -0.15) is 0 Å². The first-order chi connectivity index (χ1) is 7.38. The summed E-state index contributed by atoms with van der Waals surface area (Å²) >= 11 is 1.74. The molecule has 3 nitrogen and oxygen atoms in total. The van der Waals surface area contributed by atoms with Gasteiger partial charge in [-0.25, -0.2) is 4.98 Å². The van der Waals surface area contributed by atoms with Crippen LogP contribution >= 0.6 is 11.8 Å². The second kappa shape index (κ2) is 4.89. The van der Waals surface area contributed by atoms with Crippen molar-refractivity contribution in [2.45, 2.75) is 11.4 Å². The molecule has 0 amide bonds. The molecule has 0 radical (unpaired) electrons. The van der Waals surface area contributed by atoms with Crippen molar-refractivity contribution in [1.82, 2.24) is 4.98 Å². The average Bonchev–Trinajstić information content (AvgIpc) is 2.80. The Morgan fingerprint density at radius 1 is 1.33 bits per heavy atom. The zero-order valence-corrected chi connectivity index (χ0v) is 9.25. The summed E-state index contributed by atoms with van der Waals surface area (Å²) in [6.07, 6.45) is 5.22. The van der Waals surface area contributed by atoms with E-state index < -0.39 is 0 Å². The molecule has 1 aromatic carbocycles. The fourth-order valence-electron chi connectivity index (χ4n) is 1.23. The minimum Gasteiger partial charge on any atom is -0.447 e. The first kappa shape index (κ1) is 10.1. The van der Waals surface area contributed by atoms with E-state index in [2.05, 4.69) is 40.8 Å². The summed E-state index contributed by atoms with van der Waals surface area (Å²) in [7, 11) is 0.